The van der Waals surface area contributed by atoms with Crippen LogP contribution in [0.25, 0.3) is 11.3 Å². The first kappa shape index (κ1) is 17.7. The molecular formula is C20H22F3N5O. The van der Waals surface area contributed by atoms with Gasteiger partial charge in [0.05, 0.1) is 30.5 Å². The third-order valence-corrected chi connectivity index (χ3v) is 6.86. The molecule has 0 amide bonds. The zero-order valence-corrected chi connectivity index (χ0v) is 15.8. The fourth-order valence-electron chi connectivity index (χ4n) is 4.94. The molecule has 4 aliphatic rings. The molecule has 4 heterocycles. The molecule has 0 radical (unpaired) electrons. The Hall–Kier alpha value is -2.13. The lowest BCUT2D eigenvalue weighted by Gasteiger charge is -2.36. The van der Waals surface area contributed by atoms with Gasteiger partial charge in [0.2, 0.25) is 0 Å². The maximum absolute atomic E-state index is 13.2. The number of nitrogen functional groups attached to an aromatic ring is 1. The second-order valence-electron chi connectivity index (χ2n) is 8.78. The summed E-state index contributed by atoms with van der Waals surface area (Å²) in [6, 6.07) is 2.04. The van der Waals surface area contributed by atoms with Crippen molar-refractivity contribution in [2.75, 3.05) is 32.0 Å². The third-order valence-electron chi connectivity index (χ3n) is 6.86. The Labute approximate surface area is 165 Å². The molecule has 2 aromatic heterocycles. The number of ether oxygens (including phenoxy) is 1. The van der Waals surface area contributed by atoms with E-state index in [0.29, 0.717) is 41.1 Å². The van der Waals surface area contributed by atoms with Crippen LogP contribution < -0.4 is 5.73 Å². The molecule has 2 saturated heterocycles. The van der Waals surface area contributed by atoms with Crippen molar-refractivity contribution in [2.45, 2.75) is 37.0 Å². The summed E-state index contributed by atoms with van der Waals surface area (Å²) in [7, 11) is 0. The van der Waals surface area contributed by atoms with Gasteiger partial charge in [-0.2, -0.15) is 13.2 Å². The second-order valence-corrected chi connectivity index (χ2v) is 8.78. The molecule has 9 heteroatoms. The lowest BCUT2D eigenvalue weighted by Crippen LogP contribution is -2.49. The Balaban J connectivity index is 1.29. The molecule has 6 rings (SSSR count). The second kappa shape index (κ2) is 5.95. The molecule has 2 aromatic rings. The molecule has 3 atom stereocenters. The molecule has 0 bridgehead atoms. The molecular weight excluding hydrogens is 383 g/mol. The summed E-state index contributed by atoms with van der Waals surface area (Å²) < 4.78 is 47.3. The van der Waals surface area contributed by atoms with Gasteiger partial charge in [-0.15, -0.1) is 0 Å². The number of hydrogen-bond acceptors (Lipinski definition) is 5. The Bertz CT molecular complexity index is 954. The van der Waals surface area contributed by atoms with Gasteiger partial charge in [-0.25, -0.2) is 9.97 Å². The Morgan fingerprint density at radius 2 is 1.86 bits per heavy atom. The van der Waals surface area contributed by atoms with Gasteiger partial charge in [0, 0.05) is 43.0 Å². The number of imidazole rings is 1. The van der Waals surface area contributed by atoms with Gasteiger partial charge >= 0.3 is 6.18 Å². The van der Waals surface area contributed by atoms with Crippen molar-refractivity contribution in [3.63, 3.8) is 0 Å². The van der Waals surface area contributed by atoms with E-state index in [-0.39, 0.29) is 0 Å². The molecule has 6 nitrogen and oxygen atoms in total. The minimum atomic E-state index is -4.53. The highest BCUT2D eigenvalue weighted by molar-refractivity contribution is 5.62. The molecule has 4 fully saturated rings. The topological polar surface area (TPSA) is 69.2 Å². The normalized spacial score (nSPS) is 29.7. The van der Waals surface area contributed by atoms with Crippen molar-refractivity contribution in [1.82, 2.24) is 19.4 Å². The van der Waals surface area contributed by atoms with E-state index in [4.69, 9.17) is 15.5 Å². The van der Waals surface area contributed by atoms with E-state index in [1.165, 1.54) is 6.20 Å². The van der Waals surface area contributed by atoms with Crippen molar-refractivity contribution >= 4 is 5.82 Å². The van der Waals surface area contributed by atoms with Crippen molar-refractivity contribution in [3.05, 3.63) is 29.8 Å². The molecule has 2 aliphatic carbocycles. The van der Waals surface area contributed by atoms with E-state index in [9.17, 15) is 13.2 Å². The third kappa shape index (κ3) is 2.85. The highest BCUT2D eigenvalue weighted by Crippen LogP contribution is 2.58. The van der Waals surface area contributed by atoms with Gasteiger partial charge < -0.3 is 15.0 Å². The predicted molar refractivity (Wildman–Crippen MR) is 99.0 cm³/mol. The van der Waals surface area contributed by atoms with E-state index >= 15 is 0 Å². The van der Waals surface area contributed by atoms with Crippen LogP contribution in [0, 0.1) is 11.8 Å². The van der Waals surface area contributed by atoms with Crippen LogP contribution in [-0.2, 0) is 10.9 Å². The van der Waals surface area contributed by atoms with Gasteiger partial charge in [-0.05, 0) is 30.7 Å². The minimum absolute atomic E-state index is 0.367. The van der Waals surface area contributed by atoms with Gasteiger partial charge in [-0.1, -0.05) is 0 Å². The molecule has 2 saturated carbocycles. The van der Waals surface area contributed by atoms with Crippen molar-refractivity contribution in [3.8, 4) is 11.3 Å². The SMILES string of the molecule is Nc1ncc(-c2cn(C3C4CN(C5COC5)C[C@H]43)c(C3CC3)n2)cc1C(F)(F)F. The average molecular weight is 405 g/mol. The van der Waals surface area contributed by atoms with Gasteiger partial charge in [0.25, 0.3) is 0 Å². The molecule has 2 N–H and O–H groups in total. The number of rotatable bonds is 4. The summed E-state index contributed by atoms with van der Waals surface area (Å²) in [5, 5.41) is 0. The summed E-state index contributed by atoms with van der Waals surface area (Å²) in [5.74, 6) is 2.14. The monoisotopic (exact) mass is 405 g/mol. The van der Waals surface area contributed by atoms with E-state index in [1.807, 2.05) is 6.20 Å². The van der Waals surface area contributed by atoms with E-state index in [1.54, 1.807) is 0 Å². The first-order valence-electron chi connectivity index (χ1n) is 10.1. The number of aromatic nitrogens is 3. The summed E-state index contributed by atoms with van der Waals surface area (Å²) >= 11 is 0. The number of nitrogens with two attached hydrogens (primary N) is 1. The molecule has 0 spiro atoms. The lowest BCUT2D eigenvalue weighted by atomic mass is 10.1. The van der Waals surface area contributed by atoms with E-state index in [0.717, 1.165) is 51.0 Å². The van der Waals surface area contributed by atoms with Crippen molar-refractivity contribution < 1.29 is 17.9 Å². The van der Waals surface area contributed by atoms with Gasteiger partial charge in [0.1, 0.15) is 11.6 Å². The zero-order valence-electron chi connectivity index (χ0n) is 15.8. The number of anilines is 1. The molecule has 154 valence electrons. The van der Waals surface area contributed by atoms with Crippen LogP contribution in [0.1, 0.15) is 36.2 Å². The molecule has 2 aliphatic heterocycles. The minimum Gasteiger partial charge on any atom is -0.383 e. The van der Waals surface area contributed by atoms with Crippen LogP contribution in [0.4, 0.5) is 19.0 Å². The molecule has 29 heavy (non-hydrogen) atoms. The summed E-state index contributed by atoms with van der Waals surface area (Å²) in [6.45, 7) is 3.81. The summed E-state index contributed by atoms with van der Waals surface area (Å²) in [5.41, 5.74) is 5.47. The highest BCUT2D eigenvalue weighted by Gasteiger charge is 2.59. The molecule has 2 unspecified atom stereocenters. The number of likely N-dealkylation sites (tertiary alicyclic amines) is 1. The van der Waals surface area contributed by atoms with Gasteiger partial charge in [0.15, 0.2) is 0 Å². The Morgan fingerprint density at radius 1 is 1.14 bits per heavy atom. The standard InChI is InChI=1S/C20H22F3N5O/c21-20(22,23)15-3-11(4-25-18(15)24)16-7-28(19(26-16)10-1-2-10)17-13-5-27(6-14(13)17)12-8-29-9-12/h3-4,7,10,12-14,17H,1-2,5-6,8-9H2,(H2,24,25)/t13-,14?,17?/m1/s1. The van der Waals surface area contributed by atoms with Crippen LogP contribution in [0.3, 0.4) is 0 Å². The maximum Gasteiger partial charge on any atom is 0.419 e. The first-order valence-corrected chi connectivity index (χ1v) is 10.1. The summed E-state index contributed by atoms with van der Waals surface area (Å²) in [4.78, 5) is 11.0. The van der Waals surface area contributed by atoms with Crippen molar-refractivity contribution in [1.29, 1.82) is 0 Å². The number of fused-ring (bicyclic) bond motifs is 1. The van der Waals surface area contributed by atoms with Crippen LogP contribution in [0.15, 0.2) is 18.5 Å². The fraction of sp³-hybridized carbons (Fsp3) is 0.600. The van der Waals surface area contributed by atoms with Crippen molar-refractivity contribution in [2.24, 2.45) is 11.8 Å². The Kier molecular flexibility index (Phi) is 3.63. The number of piperidine rings is 1. The fourth-order valence-corrected chi connectivity index (χ4v) is 4.94. The smallest absolute Gasteiger partial charge is 0.383 e. The number of pyridine rings is 1. The first-order chi connectivity index (χ1) is 13.9. The largest absolute Gasteiger partial charge is 0.419 e. The van der Waals surface area contributed by atoms with E-state index < -0.39 is 17.6 Å². The van der Waals surface area contributed by atoms with Crippen LogP contribution in [0.5, 0.6) is 0 Å². The lowest BCUT2D eigenvalue weighted by molar-refractivity contribution is -0.137. The maximum atomic E-state index is 13.2. The Morgan fingerprint density at radius 3 is 2.45 bits per heavy atom. The number of hydrogen-bond donors (Lipinski definition) is 1. The molecule has 0 aromatic carbocycles. The van der Waals surface area contributed by atoms with Gasteiger partial charge in [-0.3, -0.25) is 4.90 Å². The number of halogens is 3. The zero-order chi connectivity index (χ0) is 19.9. The van der Waals surface area contributed by atoms with Crippen LogP contribution in [-0.4, -0.2) is 51.8 Å². The highest BCUT2D eigenvalue weighted by atomic mass is 19.4. The van der Waals surface area contributed by atoms with E-state index in [2.05, 4.69) is 14.5 Å². The average Bonchev–Trinajstić information content (AvgIpc) is 3.49. The van der Waals surface area contributed by atoms with Crippen LogP contribution >= 0.6 is 0 Å². The quantitative estimate of drug-likeness (QED) is 0.847. The number of alkyl halides is 3. The van der Waals surface area contributed by atoms with Crippen LogP contribution in [0.2, 0.25) is 0 Å². The predicted octanol–water partition coefficient (Wildman–Crippen LogP) is 2.93. The number of nitrogens with zero attached hydrogens (tertiary/aromatic N) is 4. The summed E-state index contributed by atoms with van der Waals surface area (Å²) in [6.07, 6.45) is 0.980.